The van der Waals surface area contributed by atoms with E-state index >= 15 is 0 Å². The third-order valence-corrected chi connectivity index (χ3v) is 6.56. The highest BCUT2D eigenvalue weighted by molar-refractivity contribution is 5.88. The van der Waals surface area contributed by atoms with Crippen molar-refractivity contribution in [2.24, 2.45) is 11.8 Å². The summed E-state index contributed by atoms with van der Waals surface area (Å²) >= 11 is 0. The maximum absolute atomic E-state index is 12.4. The zero-order chi connectivity index (χ0) is 19.8. The lowest BCUT2D eigenvalue weighted by atomic mass is 9.69. The minimum absolute atomic E-state index is 0.0376. The molecule has 0 bridgehead atoms. The molecule has 2 saturated heterocycles. The summed E-state index contributed by atoms with van der Waals surface area (Å²) in [6.45, 7) is 11.2. The highest BCUT2D eigenvalue weighted by Crippen LogP contribution is 2.59. The van der Waals surface area contributed by atoms with Gasteiger partial charge >= 0.3 is 0 Å². The maximum atomic E-state index is 12.4. The lowest BCUT2D eigenvalue weighted by Gasteiger charge is -2.34. The summed E-state index contributed by atoms with van der Waals surface area (Å²) in [5.41, 5.74) is 2.27. The molecule has 1 aliphatic carbocycles. The average Bonchev–Trinajstić information content (AvgIpc) is 3.50. The van der Waals surface area contributed by atoms with Crippen LogP contribution in [-0.2, 0) is 14.3 Å². The summed E-state index contributed by atoms with van der Waals surface area (Å²) in [6.07, 6.45) is 7.86. The van der Waals surface area contributed by atoms with Gasteiger partial charge in [0.1, 0.15) is 0 Å². The zero-order valence-corrected chi connectivity index (χ0v) is 17.4. The Morgan fingerprint density at radius 2 is 2.11 bits per heavy atom. The summed E-state index contributed by atoms with van der Waals surface area (Å²) < 4.78 is 12.1. The van der Waals surface area contributed by atoms with Crippen molar-refractivity contribution in [3.8, 4) is 0 Å². The number of ether oxygens (including phenoxy) is 2. The molecule has 3 fully saturated rings. The van der Waals surface area contributed by atoms with Gasteiger partial charge in [-0.25, -0.2) is 0 Å². The van der Waals surface area contributed by atoms with Crippen LogP contribution >= 0.6 is 0 Å². The number of nitrogens with one attached hydrogen (secondary N) is 1. The van der Waals surface area contributed by atoms with E-state index in [1.165, 1.54) is 5.57 Å². The van der Waals surface area contributed by atoms with Crippen molar-refractivity contribution in [3.63, 3.8) is 0 Å². The molecule has 2 N–H and O–H groups in total. The number of aliphatic hydroxyl groups is 1. The standard InChI is InChI=1S/C22H35NO4/c1-14(2)6-7-19-21(5,27-19)18-10-16(8-9-22(18)13-26-22)11-20(25)23-17(12-24)15(3)4/h6,11,15,17-19,24H,7-10,12-13H2,1-5H3,(H,23,25)/b16-11-/t17-,18?,19+,21+,22-/m0/s1. The molecule has 5 heteroatoms. The molecule has 1 amide bonds. The first-order valence-electron chi connectivity index (χ1n) is 10.3. The number of carbonyl (C=O) groups is 1. The van der Waals surface area contributed by atoms with Crippen LogP contribution in [0.1, 0.15) is 60.3 Å². The topological polar surface area (TPSA) is 74.4 Å². The first-order chi connectivity index (χ1) is 12.7. The fourth-order valence-corrected chi connectivity index (χ4v) is 4.43. The molecule has 0 aromatic carbocycles. The molecule has 1 unspecified atom stereocenters. The number of epoxide rings is 2. The van der Waals surface area contributed by atoms with Gasteiger partial charge in [-0.15, -0.1) is 0 Å². The summed E-state index contributed by atoms with van der Waals surface area (Å²) in [7, 11) is 0. The van der Waals surface area contributed by atoms with Gasteiger partial charge in [-0.3, -0.25) is 4.79 Å². The monoisotopic (exact) mass is 377 g/mol. The number of allylic oxidation sites excluding steroid dienone is 2. The smallest absolute Gasteiger partial charge is 0.244 e. The van der Waals surface area contributed by atoms with Gasteiger partial charge in [-0.2, -0.15) is 0 Å². The lowest BCUT2D eigenvalue weighted by Crippen LogP contribution is -2.42. The molecule has 152 valence electrons. The Morgan fingerprint density at radius 1 is 1.41 bits per heavy atom. The predicted octanol–water partition coefficient (Wildman–Crippen LogP) is 3.13. The van der Waals surface area contributed by atoms with Crippen LogP contribution in [0.15, 0.2) is 23.3 Å². The highest BCUT2D eigenvalue weighted by Gasteiger charge is 2.68. The van der Waals surface area contributed by atoms with E-state index in [0.29, 0.717) is 5.92 Å². The van der Waals surface area contributed by atoms with Crippen molar-refractivity contribution >= 4 is 5.91 Å². The van der Waals surface area contributed by atoms with E-state index < -0.39 is 0 Å². The van der Waals surface area contributed by atoms with E-state index in [1.807, 2.05) is 13.8 Å². The number of amides is 1. The van der Waals surface area contributed by atoms with E-state index in [2.05, 4.69) is 32.2 Å². The van der Waals surface area contributed by atoms with Crippen LogP contribution in [-0.4, -0.2) is 47.6 Å². The molecule has 5 atom stereocenters. The van der Waals surface area contributed by atoms with E-state index in [-0.39, 0.29) is 41.8 Å². The molecule has 1 spiro atoms. The second kappa shape index (κ2) is 7.69. The third kappa shape index (κ3) is 4.47. The fraction of sp³-hybridized carbons (Fsp3) is 0.773. The first kappa shape index (κ1) is 20.6. The number of aliphatic hydroxyl groups excluding tert-OH is 1. The number of hydrogen-bond acceptors (Lipinski definition) is 4. The summed E-state index contributed by atoms with van der Waals surface area (Å²) in [5, 5.41) is 12.4. The Labute approximate surface area is 163 Å². The quantitative estimate of drug-likeness (QED) is 0.406. The molecule has 1 saturated carbocycles. The van der Waals surface area contributed by atoms with Crippen LogP contribution in [0.4, 0.5) is 0 Å². The maximum Gasteiger partial charge on any atom is 0.244 e. The molecule has 5 nitrogen and oxygen atoms in total. The van der Waals surface area contributed by atoms with Gasteiger partial charge in [0.2, 0.25) is 5.91 Å². The van der Waals surface area contributed by atoms with Crippen molar-refractivity contribution in [2.75, 3.05) is 13.2 Å². The highest BCUT2D eigenvalue weighted by atomic mass is 16.6. The van der Waals surface area contributed by atoms with E-state index in [4.69, 9.17) is 9.47 Å². The molecule has 0 aromatic heterocycles. The van der Waals surface area contributed by atoms with Crippen LogP contribution in [0.3, 0.4) is 0 Å². The van der Waals surface area contributed by atoms with Crippen LogP contribution < -0.4 is 5.32 Å². The molecule has 27 heavy (non-hydrogen) atoms. The van der Waals surface area contributed by atoms with E-state index in [9.17, 15) is 9.90 Å². The molecular formula is C22H35NO4. The minimum atomic E-state index is -0.204. The van der Waals surface area contributed by atoms with Crippen LogP contribution in [0, 0.1) is 11.8 Å². The zero-order valence-electron chi connectivity index (χ0n) is 17.4. The lowest BCUT2D eigenvalue weighted by molar-refractivity contribution is -0.117. The van der Waals surface area contributed by atoms with Gasteiger partial charge in [0.25, 0.3) is 0 Å². The predicted molar refractivity (Wildman–Crippen MR) is 105 cm³/mol. The van der Waals surface area contributed by atoms with Crippen LogP contribution in [0.25, 0.3) is 0 Å². The third-order valence-electron chi connectivity index (χ3n) is 6.56. The molecule has 2 aliphatic heterocycles. The fourth-order valence-electron chi connectivity index (χ4n) is 4.43. The van der Waals surface area contributed by atoms with Crippen LogP contribution in [0.5, 0.6) is 0 Å². The van der Waals surface area contributed by atoms with Crippen LogP contribution in [0.2, 0.25) is 0 Å². The number of hydrogen-bond donors (Lipinski definition) is 2. The second-order valence-corrected chi connectivity index (χ2v) is 9.26. The number of carbonyl (C=O) groups excluding carboxylic acids is 1. The molecule has 3 aliphatic rings. The second-order valence-electron chi connectivity index (χ2n) is 9.26. The van der Waals surface area contributed by atoms with Crippen molar-refractivity contribution < 1.29 is 19.4 Å². The molecule has 3 rings (SSSR count). The molecule has 0 radical (unpaired) electrons. The first-order valence-corrected chi connectivity index (χ1v) is 10.3. The van der Waals surface area contributed by atoms with Gasteiger partial charge in [0.05, 0.1) is 36.6 Å². The largest absolute Gasteiger partial charge is 0.394 e. The molecule has 0 aromatic rings. The summed E-state index contributed by atoms with van der Waals surface area (Å²) in [4.78, 5) is 12.4. The van der Waals surface area contributed by atoms with Crippen molar-refractivity contribution in [1.82, 2.24) is 5.32 Å². The Morgan fingerprint density at radius 3 is 2.67 bits per heavy atom. The van der Waals surface area contributed by atoms with E-state index in [0.717, 1.165) is 37.9 Å². The van der Waals surface area contributed by atoms with Gasteiger partial charge in [0, 0.05) is 12.0 Å². The van der Waals surface area contributed by atoms with Gasteiger partial charge in [0.15, 0.2) is 0 Å². The number of rotatable bonds is 7. The average molecular weight is 378 g/mol. The molecule has 2 heterocycles. The van der Waals surface area contributed by atoms with Gasteiger partial charge in [-0.1, -0.05) is 31.1 Å². The summed E-state index contributed by atoms with van der Waals surface area (Å²) in [6, 6.07) is -0.204. The normalized spacial score (nSPS) is 37.4. The van der Waals surface area contributed by atoms with E-state index in [1.54, 1.807) is 6.08 Å². The Bertz CT molecular complexity index is 630. The Balaban J connectivity index is 1.66. The van der Waals surface area contributed by atoms with Crippen molar-refractivity contribution in [2.45, 2.75) is 83.6 Å². The van der Waals surface area contributed by atoms with Crippen molar-refractivity contribution in [3.05, 3.63) is 23.3 Å². The minimum Gasteiger partial charge on any atom is -0.394 e. The van der Waals surface area contributed by atoms with Gasteiger partial charge < -0.3 is 19.9 Å². The Kier molecular flexibility index (Phi) is 5.85. The summed E-state index contributed by atoms with van der Waals surface area (Å²) in [5.74, 6) is 0.397. The van der Waals surface area contributed by atoms with Gasteiger partial charge in [-0.05, 0) is 52.4 Å². The molecular weight excluding hydrogens is 342 g/mol. The SMILES string of the molecule is CC(C)=CC[C@H]1O[C@]1(C)C1C/C(=C\C(=O)N[C@@H](CO)C(C)C)CC[C@]12CO2. The Hall–Kier alpha value is -1.17. The van der Waals surface area contributed by atoms with Crippen molar-refractivity contribution in [1.29, 1.82) is 0 Å².